The molecule has 1 unspecified atom stereocenters. The maximum Gasteiger partial charge on any atom is 0.300 e. The molecule has 1 N–H and O–H groups in total. The number of ether oxygens (including phenoxy) is 2. The molecular weight excluding hydrogens is 442 g/mol. The third kappa shape index (κ3) is 4.78. The van der Waals surface area contributed by atoms with Gasteiger partial charge in [-0.15, -0.1) is 0 Å². The second-order valence-corrected chi connectivity index (χ2v) is 8.34. The Morgan fingerprint density at radius 2 is 1.66 bits per heavy atom. The minimum absolute atomic E-state index is 0.0236. The average Bonchev–Trinajstić information content (AvgIpc) is 3.17. The first-order valence-electron chi connectivity index (χ1n) is 11.8. The van der Waals surface area contributed by atoms with Gasteiger partial charge in [-0.3, -0.25) is 14.5 Å². The second-order valence-electron chi connectivity index (χ2n) is 8.34. The number of amides is 1. The van der Waals surface area contributed by atoms with Crippen molar-refractivity contribution in [2.75, 3.05) is 18.6 Å². The lowest BCUT2D eigenvalue weighted by atomic mass is 9.95. The van der Waals surface area contributed by atoms with Crippen molar-refractivity contribution in [2.45, 2.75) is 32.7 Å². The van der Waals surface area contributed by atoms with Gasteiger partial charge in [-0.05, 0) is 60.4 Å². The summed E-state index contributed by atoms with van der Waals surface area (Å²) >= 11 is 0. The van der Waals surface area contributed by atoms with E-state index in [1.54, 1.807) is 49.6 Å². The van der Waals surface area contributed by atoms with Gasteiger partial charge < -0.3 is 14.6 Å². The summed E-state index contributed by atoms with van der Waals surface area (Å²) in [5.41, 5.74) is 2.78. The lowest BCUT2D eigenvalue weighted by Gasteiger charge is -2.26. The highest BCUT2D eigenvalue weighted by molar-refractivity contribution is 6.51. The summed E-state index contributed by atoms with van der Waals surface area (Å²) < 4.78 is 11.1. The summed E-state index contributed by atoms with van der Waals surface area (Å²) in [6, 6.07) is 20.8. The molecule has 6 nitrogen and oxygen atoms in total. The molecule has 1 fully saturated rings. The Morgan fingerprint density at radius 1 is 0.943 bits per heavy atom. The Balaban J connectivity index is 1.88. The number of methoxy groups -OCH3 is 1. The van der Waals surface area contributed by atoms with E-state index in [-0.39, 0.29) is 11.3 Å². The van der Waals surface area contributed by atoms with Gasteiger partial charge in [0, 0.05) is 11.3 Å². The molecule has 1 amide bonds. The summed E-state index contributed by atoms with van der Waals surface area (Å²) in [6.45, 7) is 4.59. The Hall–Kier alpha value is -4.06. The number of aliphatic hydroxyl groups is 1. The summed E-state index contributed by atoms with van der Waals surface area (Å²) in [5, 5.41) is 11.4. The van der Waals surface area contributed by atoms with E-state index in [0.717, 1.165) is 18.4 Å². The van der Waals surface area contributed by atoms with Gasteiger partial charge >= 0.3 is 0 Å². The van der Waals surface area contributed by atoms with E-state index >= 15 is 0 Å². The van der Waals surface area contributed by atoms with Crippen LogP contribution < -0.4 is 14.4 Å². The standard InChI is InChI=1S/C29H29NO5/c1-4-16-35-24-11-7-9-21(18-24)27(31)25-26(20-8-6-10-23(17-20)34-3)30(29(33)28(25)32)22-14-12-19(5-2)13-15-22/h6-15,17-18,26,31H,4-5,16H2,1-3H3/b27-25-. The molecule has 35 heavy (non-hydrogen) atoms. The topological polar surface area (TPSA) is 76.1 Å². The number of Topliss-reactive ketones (excluding diaryl/α,β-unsaturated/α-hetero) is 1. The first-order valence-corrected chi connectivity index (χ1v) is 11.8. The van der Waals surface area contributed by atoms with Gasteiger partial charge in [0.1, 0.15) is 17.3 Å². The quantitative estimate of drug-likeness (QED) is 0.260. The van der Waals surface area contributed by atoms with Crippen molar-refractivity contribution in [3.05, 3.63) is 95.1 Å². The van der Waals surface area contributed by atoms with E-state index < -0.39 is 17.7 Å². The highest BCUT2D eigenvalue weighted by atomic mass is 16.5. The Kier molecular flexibility index (Phi) is 7.20. The highest BCUT2D eigenvalue weighted by Gasteiger charge is 2.47. The van der Waals surface area contributed by atoms with Gasteiger partial charge in [0.05, 0.1) is 25.3 Å². The first kappa shape index (κ1) is 24.1. The van der Waals surface area contributed by atoms with E-state index in [4.69, 9.17) is 9.47 Å². The van der Waals surface area contributed by atoms with Crippen molar-refractivity contribution in [1.82, 2.24) is 0 Å². The molecule has 4 rings (SSSR count). The van der Waals surface area contributed by atoms with E-state index in [2.05, 4.69) is 6.92 Å². The molecule has 1 heterocycles. The van der Waals surface area contributed by atoms with Crippen LogP contribution in [0.1, 0.15) is 43.0 Å². The molecule has 180 valence electrons. The molecule has 0 saturated carbocycles. The Morgan fingerprint density at radius 3 is 2.34 bits per heavy atom. The van der Waals surface area contributed by atoms with Crippen LogP contribution in [0, 0.1) is 0 Å². The molecule has 1 aliphatic rings. The summed E-state index contributed by atoms with van der Waals surface area (Å²) in [6.07, 6.45) is 1.70. The van der Waals surface area contributed by atoms with Crippen LogP contribution in [0.2, 0.25) is 0 Å². The first-order chi connectivity index (χ1) is 17.0. The molecule has 0 spiro atoms. The van der Waals surface area contributed by atoms with Crippen LogP contribution in [0.4, 0.5) is 5.69 Å². The van der Waals surface area contributed by atoms with Gasteiger partial charge in [0.25, 0.3) is 11.7 Å². The van der Waals surface area contributed by atoms with Crippen molar-refractivity contribution >= 4 is 23.1 Å². The fraction of sp³-hybridized carbons (Fsp3) is 0.241. The summed E-state index contributed by atoms with van der Waals surface area (Å²) in [4.78, 5) is 28.1. The van der Waals surface area contributed by atoms with Gasteiger partial charge in [-0.25, -0.2) is 0 Å². The number of aliphatic hydroxyl groups excluding tert-OH is 1. The second kappa shape index (κ2) is 10.5. The van der Waals surface area contributed by atoms with Crippen LogP contribution in [-0.4, -0.2) is 30.5 Å². The Labute approximate surface area is 205 Å². The van der Waals surface area contributed by atoms with Gasteiger partial charge in [0.15, 0.2) is 0 Å². The molecule has 0 aliphatic carbocycles. The van der Waals surface area contributed by atoms with Crippen molar-refractivity contribution in [2.24, 2.45) is 0 Å². The summed E-state index contributed by atoms with van der Waals surface area (Å²) in [7, 11) is 1.56. The third-order valence-corrected chi connectivity index (χ3v) is 6.06. The monoisotopic (exact) mass is 471 g/mol. The molecule has 1 saturated heterocycles. The highest BCUT2D eigenvalue weighted by Crippen LogP contribution is 2.43. The number of carbonyl (C=O) groups excluding carboxylic acids is 2. The third-order valence-electron chi connectivity index (χ3n) is 6.06. The van der Waals surface area contributed by atoms with Crippen LogP contribution in [0.25, 0.3) is 5.76 Å². The number of anilines is 1. The summed E-state index contributed by atoms with van der Waals surface area (Å²) in [5.74, 6) is -0.509. The van der Waals surface area contributed by atoms with Crippen LogP contribution in [0.3, 0.4) is 0 Å². The number of nitrogens with zero attached hydrogens (tertiary/aromatic N) is 1. The SMILES string of the molecule is CCCOc1cccc(/C(O)=C2/C(=O)C(=O)N(c3ccc(CC)cc3)C2c2cccc(OC)c2)c1. The lowest BCUT2D eigenvalue weighted by molar-refractivity contribution is -0.132. The molecule has 1 aliphatic heterocycles. The maximum absolute atomic E-state index is 13.4. The average molecular weight is 472 g/mol. The van der Waals surface area contributed by atoms with Crippen LogP contribution in [0.15, 0.2) is 78.4 Å². The molecule has 0 bridgehead atoms. The molecule has 6 heteroatoms. The predicted molar refractivity (Wildman–Crippen MR) is 136 cm³/mol. The van der Waals surface area contributed by atoms with E-state index in [1.807, 2.05) is 37.3 Å². The zero-order valence-corrected chi connectivity index (χ0v) is 20.2. The van der Waals surface area contributed by atoms with Gasteiger partial charge in [-0.1, -0.05) is 50.2 Å². The number of ketones is 1. The molecule has 0 radical (unpaired) electrons. The predicted octanol–water partition coefficient (Wildman–Crippen LogP) is 5.67. The van der Waals surface area contributed by atoms with E-state index in [1.165, 1.54) is 4.90 Å². The van der Waals surface area contributed by atoms with E-state index in [9.17, 15) is 14.7 Å². The van der Waals surface area contributed by atoms with Crippen LogP contribution in [0.5, 0.6) is 11.5 Å². The maximum atomic E-state index is 13.4. The number of hydrogen-bond donors (Lipinski definition) is 1. The van der Waals surface area contributed by atoms with E-state index in [0.29, 0.717) is 34.9 Å². The van der Waals surface area contributed by atoms with Crippen LogP contribution in [-0.2, 0) is 16.0 Å². The molecular formula is C29H29NO5. The minimum atomic E-state index is -0.821. The Bertz CT molecular complexity index is 1260. The molecule has 3 aromatic rings. The molecule has 3 aromatic carbocycles. The zero-order chi connectivity index (χ0) is 24.9. The number of carbonyl (C=O) groups is 2. The van der Waals surface area contributed by atoms with Crippen molar-refractivity contribution in [3.63, 3.8) is 0 Å². The fourth-order valence-corrected chi connectivity index (χ4v) is 4.23. The minimum Gasteiger partial charge on any atom is -0.507 e. The van der Waals surface area contributed by atoms with Gasteiger partial charge in [-0.2, -0.15) is 0 Å². The van der Waals surface area contributed by atoms with Crippen molar-refractivity contribution in [1.29, 1.82) is 0 Å². The van der Waals surface area contributed by atoms with Gasteiger partial charge in [0.2, 0.25) is 0 Å². The fourth-order valence-electron chi connectivity index (χ4n) is 4.23. The molecule has 1 atom stereocenters. The smallest absolute Gasteiger partial charge is 0.300 e. The zero-order valence-electron chi connectivity index (χ0n) is 20.2. The number of hydrogen-bond acceptors (Lipinski definition) is 5. The number of rotatable bonds is 8. The normalized spacial score (nSPS) is 17.0. The van der Waals surface area contributed by atoms with Crippen LogP contribution >= 0.6 is 0 Å². The lowest BCUT2D eigenvalue weighted by Crippen LogP contribution is -2.29. The number of benzene rings is 3. The molecule has 0 aromatic heterocycles. The number of aryl methyl sites for hydroxylation is 1. The largest absolute Gasteiger partial charge is 0.507 e. The van der Waals surface area contributed by atoms with Crippen molar-refractivity contribution in [3.8, 4) is 11.5 Å². The van der Waals surface area contributed by atoms with Crippen molar-refractivity contribution < 1.29 is 24.2 Å².